The lowest BCUT2D eigenvalue weighted by Crippen LogP contribution is -2.52. The van der Waals surface area contributed by atoms with Crippen molar-refractivity contribution in [3.8, 4) is 0 Å². The van der Waals surface area contributed by atoms with Crippen LogP contribution in [0.2, 0.25) is 0 Å². The maximum atomic E-state index is 10.2. The van der Waals surface area contributed by atoms with Crippen molar-refractivity contribution < 1.29 is 23.6 Å². The Morgan fingerprint density at radius 2 is 0.889 bits per heavy atom. The van der Waals surface area contributed by atoms with E-state index in [1.807, 2.05) is 0 Å². The first-order valence-electron chi connectivity index (χ1n) is 4.23. The third kappa shape index (κ3) is 6.04. The summed E-state index contributed by atoms with van der Waals surface area (Å²) in [5.41, 5.74) is 0. The van der Waals surface area contributed by atoms with Crippen LogP contribution < -0.4 is 0 Å². The lowest BCUT2D eigenvalue weighted by Gasteiger charge is -2.37. The van der Waals surface area contributed by atoms with Crippen LogP contribution in [0.25, 0.3) is 0 Å². The summed E-state index contributed by atoms with van der Waals surface area (Å²) in [4.78, 5) is 14.7. The van der Waals surface area contributed by atoms with Crippen LogP contribution in [0.1, 0.15) is 0 Å². The van der Waals surface area contributed by atoms with E-state index >= 15 is 0 Å². The fourth-order valence-electron chi connectivity index (χ4n) is 1.05. The van der Waals surface area contributed by atoms with Crippen LogP contribution in [-0.4, -0.2) is 42.0 Å². The molecule has 0 unspecified atom stereocenters. The average molecular weight is 407 g/mol. The van der Waals surface area contributed by atoms with Gasteiger partial charge in [-0.05, 0) is 4.53 Å². The molecule has 4 nitrogen and oxygen atoms in total. The smallest absolute Gasteiger partial charge is 0.301 e. The van der Waals surface area contributed by atoms with Crippen molar-refractivity contribution in [1.82, 2.24) is 0 Å². The topological polar surface area (TPSA) is 66.8 Å². The third-order valence-corrected chi connectivity index (χ3v) is 6.13. The zero-order valence-corrected chi connectivity index (χ0v) is 13.7. The van der Waals surface area contributed by atoms with Crippen LogP contribution in [0.5, 0.6) is 0 Å². The molecule has 2 N–H and O–H groups in total. The summed E-state index contributed by atoms with van der Waals surface area (Å²) in [5.74, 6) is 0. The lowest BCUT2D eigenvalue weighted by molar-refractivity contribution is -0.0389. The van der Waals surface area contributed by atoms with Crippen molar-refractivity contribution in [2.75, 3.05) is 0 Å². The maximum absolute atomic E-state index is 10.2. The molecule has 1 aliphatic rings. The van der Waals surface area contributed by atoms with E-state index in [4.69, 9.17) is 84.0 Å². The Labute approximate surface area is 133 Å². The summed E-state index contributed by atoms with van der Waals surface area (Å²) in [5, 5.41) is -2.62. The molecule has 12 heteroatoms. The van der Waals surface area contributed by atoms with E-state index in [2.05, 4.69) is 4.73 Å². The Balaban J connectivity index is 0.000000411. The van der Waals surface area contributed by atoms with E-state index in [-0.39, 0.29) is 0 Å². The van der Waals surface area contributed by atoms with Crippen LogP contribution in [0, 0.1) is 0 Å². The molecule has 1 fully saturated rings. The van der Waals surface area contributed by atoms with Crippen molar-refractivity contribution in [3.63, 3.8) is 0 Å². The number of hydrogen-bond donors (Lipinski definition) is 2. The predicted molar refractivity (Wildman–Crippen MR) is 72.1 cm³/mol. The molecule has 0 spiro atoms. The second-order valence-electron chi connectivity index (χ2n) is 3.23. The largest absolute Gasteiger partial charge is 0.500 e. The van der Waals surface area contributed by atoms with Gasteiger partial charge in [0.2, 0.25) is 0 Å². The van der Waals surface area contributed by atoms with Crippen molar-refractivity contribution in [3.05, 3.63) is 0 Å². The molecule has 0 saturated heterocycles. The standard InChI is InChI=1S/C6H6Cl6.FH2O4P/c7-1-2(8)4(10)6(12)5(11)3(1)9;1-5-6(2,3)4/h1-6H;(H2,2,3,4)/t1-,2-,3-,4+,5+,6+;. The quantitative estimate of drug-likeness (QED) is 0.515. The van der Waals surface area contributed by atoms with E-state index in [1.54, 1.807) is 0 Å². The maximum Gasteiger partial charge on any atom is 0.500 e. The molecule has 1 saturated carbocycles. The van der Waals surface area contributed by atoms with Gasteiger partial charge in [0, 0.05) is 0 Å². The Bertz CT molecular complexity index is 247. The van der Waals surface area contributed by atoms with Gasteiger partial charge in [-0.1, -0.05) is 4.73 Å². The number of alkyl halides is 6. The van der Waals surface area contributed by atoms with Gasteiger partial charge >= 0.3 is 7.82 Å². The first-order chi connectivity index (χ1) is 8.02. The third-order valence-electron chi connectivity index (χ3n) is 1.92. The summed E-state index contributed by atoms with van der Waals surface area (Å²) in [6.45, 7) is 0. The van der Waals surface area contributed by atoms with Crippen molar-refractivity contribution in [1.29, 1.82) is 0 Å². The second-order valence-corrected chi connectivity index (χ2v) is 7.37. The minimum atomic E-state index is -4.81. The van der Waals surface area contributed by atoms with E-state index in [9.17, 15) is 4.53 Å². The SMILES string of the molecule is Cl[C@H]1[C@H](Cl)[C@@H](Cl)[C@@H](Cl)[C@H](Cl)[C@H]1Cl.O=P(O)(O)OF. The number of rotatable bonds is 1. The molecule has 0 heterocycles. The Hall–Kier alpha value is 1.78. The fourth-order valence-corrected chi connectivity index (χ4v) is 3.38. The Kier molecular flexibility index (Phi) is 9.10. The second kappa shape index (κ2) is 8.28. The van der Waals surface area contributed by atoms with Gasteiger partial charge in [-0.2, -0.15) is 0 Å². The van der Waals surface area contributed by atoms with Gasteiger partial charge in [-0.25, -0.2) is 4.57 Å². The Morgan fingerprint density at radius 1 is 0.778 bits per heavy atom. The molecular weight excluding hydrogens is 399 g/mol. The van der Waals surface area contributed by atoms with Gasteiger partial charge < -0.3 is 9.79 Å². The first-order valence-corrected chi connectivity index (χ1v) is 8.38. The van der Waals surface area contributed by atoms with E-state index in [0.29, 0.717) is 0 Å². The minimum absolute atomic E-state index is 0.437. The minimum Gasteiger partial charge on any atom is -0.301 e. The molecule has 0 aromatic rings. The molecule has 0 radical (unpaired) electrons. The van der Waals surface area contributed by atoms with E-state index in [0.717, 1.165) is 0 Å². The van der Waals surface area contributed by atoms with Crippen LogP contribution >= 0.6 is 77.4 Å². The number of hydrogen-bond acceptors (Lipinski definition) is 2. The van der Waals surface area contributed by atoms with Gasteiger partial charge in [0.1, 0.15) is 0 Å². The van der Waals surface area contributed by atoms with Gasteiger partial charge in [0.25, 0.3) is 0 Å². The Morgan fingerprint density at radius 3 is 0.944 bits per heavy atom. The van der Waals surface area contributed by atoms with Crippen molar-refractivity contribution in [2.45, 2.75) is 32.3 Å². The molecule has 0 atom stereocenters. The summed E-state index contributed by atoms with van der Waals surface area (Å²) >= 11 is 35.3. The highest BCUT2D eigenvalue weighted by Gasteiger charge is 2.46. The molecular formula is C6H8Cl6FO4P. The van der Waals surface area contributed by atoms with Gasteiger partial charge in [-0.15, -0.1) is 69.6 Å². The van der Waals surface area contributed by atoms with Crippen molar-refractivity contribution in [2.24, 2.45) is 0 Å². The lowest BCUT2D eigenvalue weighted by atomic mass is 9.97. The average Bonchev–Trinajstić information content (AvgIpc) is 2.31. The molecule has 18 heavy (non-hydrogen) atoms. The summed E-state index contributed by atoms with van der Waals surface area (Å²) in [6, 6.07) is 0. The highest BCUT2D eigenvalue weighted by Crippen LogP contribution is 2.39. The first kappa shape index (κ1) is 19.8. The highest BCUT2D eigenvalue weighted by molar-refractivity contribution is 7.46. The predicted octanol–water partition coefficient (Wildman–Crippen LogP) is 3.62. The molecule has 1 aliphatic carbocycles. The normalized spacial score (nSPS) is 40.9. The summed E-state index contributed by atoms with van der Waals surface area (Å²) in [6.07, 6.45) is 0. The van der Waals surface area contributed by atoms with Crippen LogP contribution in [0.4, 0.5) is 4.53 Å². The van der Waals surface area contributed by atoms with Gasteiger partial charge in [0.15, 0.2) is 0 Å². The molecule has 0 aliphatic heterocycles. The molecule has 1 rings (SSSR count). The van der Waals surface area contributed by atoms with Crippen LogP contribution in [0.15, 0.2) is 0 Å². The zero-order valence-electron chi connectivity index (χ0n) is 8.27. The summed E-state index contributed by atoms with van der Waals surface area (Å²) < 4.78 is 21.4. The number of phosphoric acid groups is 1. The van der Waals surface area contributed by atoms with Crippen LogP contribution in [-0.2, 0) is 9.29 Å². The molecule has 0 bridgehead atoms. The molecule has 0 amide bonds. The van der Waals surface area contributed by atoms with Gasteiger partial charge in [-0.3, -0.25) is 0 Å². The van der Waals surface area contributed by atoms with Gasteiger partial charge in [0.05, 0.1) is 32.3 Å². The monoisotopic (exact) mass is 404 g/mol. The van der Waals surface area contributed by atoms with Crippen molar-refractivity contribution >= 4 is 77.4 Å². The highest BCUT2D eigenvalue weighted by atomic mass is 35.5. The molecule has 0 aromatic carbocycles. The van der Waals surface area contributed by atoms with E-state index in [1.165, 1.54) is 0 Å². The molecule has 0 aromatic heterocycles. The van der Waals surface area contributed by atoms with Crippen LogP contribution in [0.3, 0.4) is 0 Å². The fraction of sp³-hybridized carbons (Fsp3) is 1.00. The molecule has 110 valence electrons. The van der Waals surface area contributed by atoms with E-state index < -0.39 is 40.1 Å². The number of halogens is 7. The summed E-state index contributed by atoms with van der Waals surface area (Å²) in [7, 11) is -4.81. The zero-order chi connectivity index (χ0) is 14.7.